The second-order valence-electron chi connectivity index (χ2n) is 7.34. The summed E-state index contributed by atoms with van der Waals surface area (Å²) in [5.41, 5.74) is 5.38. The van der Waals surface area contributed by atoms with E-state index in [1.165, 1.54) is 0 Å². The third kappa shape index (κ3) is 8.22. The molecule has 0 aliphatic carbocycles. The Morgan fingerprint density at radius 3 is 2.43 bits per heavy atom. The van der Waals surface area contributed by atoms with Gasteiger partial charge in [0, 0.05) is 0 Å². The van der Waals surface area contributed by atoms with Gasteiger partial charge in [-0.25, -0.2) is 4.79 Å². The third-order valence-corrected chi connectivity index (χ3v) is 4.63. The van der Waals surface area contributed by atoms with Crippen molar-refractivity contribution in [2.24, 2.45) is 11.7 Å². The van der Waals surface area contributed by atoms with Crippen LogP contribution in [0.5, 0.6) is 0 Å². The molecule has 0 spiro atoms. The fourth-order valence-corrected chi connectivity index (χ4v) is 2.97. The average Bonchev–Trinajstić information content (AvgIpc) is 3.17. The standard InChI is InChI=1S/C18H33N5O5/c1-11(2)15(23-16(25)12-7-5-9-20-12)17(26)21-10-14(24)22-13(18(27)28)6-3-4-8-19/h11-13,15,20H,3-10,19H2,1-2H3,(H,21,26)(H,22,24)(H,23,25)(H,27,28). The summed E-state index contributed by atoms with van der Waals surface area (Å²) in [5.74, 6) is -2.61. The van der Waals surface area contributed by atoms with Crippen LogP contribution in [0.25, 0.3) is 0 Å². The van der Waals surface area contributed by atoms with Gasteiger partial charge in [-0.05, 0) is 51.1 Å². The number of hydrogen-bond donors (Lipinski definition) is 6. The predicted molar refractivity (Wildman–Crippen MR) is 103 cm³/mol. The van der Waals surface area contributed by atoms with E-state index in [4.69, 9.17) is 5.73 Å². The van der Waals surface area contributed by atoms with E-state index < -0.39 is 29.9 Å². The van der Waals surface area contributed by atoms with E-state index in [0.717, 1.165) is 19.4 Å². The van der Waals surface area contributed by atoms with Gasteiger partial charge in [0.25, 0.3) is 0 Å². The first-order valence-electron chi connectivity index (χ1n) is 9.80. The third-order valence-electron chi connectivity index (χ3n) is 4.63. The number of amides is 3. The minimum Gasteiger partial charge on any atom is -0.480 e. The van der Waals surface area contributed by atoms with Crippen molar-refractivity contribution in [3.8, 4) is 0 Å². The Hall–Kier alpha value is -2.20. The van der Waals surface area contributed by atoms with E-state index in [1.54, 1.807) is 13.8 Å². The van der Waals surface area contributed by atoms with E-state index in [2.05, 4.69) is 21.3 Å². The van der Waals surface area contributed by atoms with Gasteiger partial charge < -0.3 is 32.1 Å². The molecule has 0 aromatic carbocycles. The molecule has 1 heterocycles. The van der Waals surface area contributed by atoms with Crippen molar-refractivity contribution in [3.05, 3.63) is 0 Å². The van der Waals surface area contributed by atoms with E-state index in [-0.39, 0.29) is 30.8 Å². The van der Waals surface area contributed by atoms with Crippen LogP contribution in [0.3, 0.4) is 0 Å². The fraction of sp³-hybridized carbons (Fsp3) is 0.778. The Bertz CT molecular complexity index is 548. The number of unbranched alkanes of at least 4 members (excludes halogenated alkanes) is 1. The highest BCUT2D eigenvalue weighted by molar-refractivity contribution is 5.92. The van der Waals surface area contributed by atoms with Crippen LogP contribution < -0.4 is 27.0 Å². The zero-order chi connectivity index (χ0) is 21.1. The molecular weight excluding hydrogens is 366 g/mol. The number of aliphatic carboxylic acids is 1. The van der Waals surface area contributed by atoms with Crippen LogP contribution in [0.2, 0.25) is 0 Å². The van der Waals surface area contributed by atoms with Gasteiger partial charge in [-0.15, -0.1) is 0 Å². The number of rotatable bonds is 12. The summed E-state index contributed by atoms with van der Waals surface area (Å²) in [7, 11) is 0. The number of hydrogen-bond acceptors (Lipinski definition) is 6. The quantitative estimate of drug-likeness (QED) is 0.222. The van der Waals surface area contributed by atoms with Crippen molar-refractivity contribution in [2.75, 3.05) is 19.6 Å². The highest BCUT2D eigenvalue weighted by Crippen LogP contribution is 2.08. The molecule has 10 nitrogen and oxygen atoms in total. The van der Waals surface area contributed by atoms with Crippen LogP contribution in [0, 0.1) is 5.92 Å². The van der Waals surface area contributed by atoms with Gasteiger partial charge in [0.2, 0.25) is 17.7 Å². The number of carboxylic acid groups (broad SMARTS) is 1. The molecule has 3 unspecified atom stereocenters. The predicted octanol–water partition coefficient (Wildman–Crippen LogP) is -1.31. The van der Waals surface area contributed by atoms with Gasteiger partial charge in [-0.3, -0.25) is 14.4 Å². The molecule has 0 aromatic rings. The summed E-state index contributed by atoms with van der Waals surface area (Å²) in [6.07, 6.45) is 3.15. The van der Waals surface area contributed by atoms with Crippen LogP contribution >= 0.6 is 0 Å². The maximum Gasteiger partial charge on any atom is 0.326 e. The molecule has 0 bridgehead atoms. The molecule has 1 aliphatic rings. The highest BCUT2D eigenvalue weighted by atomic mass is 16.4. The minimum absolute atomic E-state index is 0.170. The maximum atomic E-state index is 12.4. The molecule has 3 atom stereocenters. The first kappa shape index (κ1) is 23.8. The Kier molecular flexibility index (Phi) is 10.5. The van der Waals surface area contributed by atoms with Crippen molar-refractivity contribution in [3.63, 3.8) is 0 Å². The van der Waals surface area contributed by atoms with Crippen molar-refractivity contribution in [1.29, 1.82) is 0 Å². The molecule has 28 heavy (non-hydrogen) atoms. The van der Waals surface area contributed by atoms with Gasteiger partial charge in [0.1, 0.15) is 12.1 Å². The van der Waals surface area contributed by atoms with Gasteiger partial charge in [-0.2, -0.15) is 0 Å². The molecule has 0 saturated carbocycles. The molecule has 3 amide bonds. The zero-order valence-electron chi connectivity index (χ0n) is 16.6. The highest BCUT2D eigenvalue weighted by Gasteiger charge is 2.29. The second-order valence-corrected chi connectivity index (χ2v) is 7.34. The first-order chi connectivity index (χ1) is 13.3. The van der Waals surface area contributed by atoms with Crippen LogP contribution in [0.1, 0.15) is 46.0 Å². The lowest BCUT2D eigenvalue weighted by Gasteiger charge is -2.23. The SMILES string of the molecule is CC(C)C(NC(=O)C1CCCN1)C(=O)NCC(=O)NC(CCCCN)C(=O)O. The van der Waals surface area contributed by atoms with E-state index in [9.17, 15) is 24.3 Å². The lowest BCUT2D eigenvalue weighted by Crippen LogP contribution is -2.55. The number of carbonyl (C=O) groups excluding carboxylic acids is 3. The van der Waals surface area contributed by atoms with Gasteiger partial charge in [0.15, 0.2) is 0 Å². The fourth-order valence-electron chi connectivity index (χ4n) is 2.97. The van der Waals surface area contributed by atoms with Gasteiger partial charge >= 0.3 is 5.97 Å². The lowest BCUT2D eigenvalue weighted by atomic mass is 10.0. The van der Waals surface area contributed by atoms with Crippen LogP contribution in [0.15, 0.2) is 0 Å². The Morgan fingerprint density at radius 2 is 1.89 bits per heavy atom. The molecule has 0 aromatic heterocycles. The maximum absolute atomic E-state index is 12.4. The summed E-state index contributed by atoms with van der Waals surface area (Å²) in [6.45, 7) is 4.46. The molecule has 1 aliphatic heterocycles. The Labute approximate surface area is 165 Å². The van der Waals surface area contributed by atoms with Gasteiger partial charge in [0.05, 0.1) is 12.6 Å². The summed E-state index contributed by atoms with van der Waals surface area (Å²) in [6, 6.07) is -2.10. The van der Waals surface area contributed by atoms with E-state index in [1.807, 2.05) is 0 Å². The van der Waals surface area contributed by atoms with Crippen molar-refractivity contribution >= 4 is 23.7 Å². The Morgan fingerprint density at radius 1 is 1.18 bits per heavy atom. The monoisotopic (exact) mass is 399 g/mol. The van der Waals surface area contributed by atoms with Crippen LogP contribution in [-0.2, 0) is 19.2 Å². The summed E-state index contributed by atoms with van der Waals surface area (Å²) in [5, 5.41) is 19.8. The first-order valence-corrected chi connectivity index (χ1v) is 9.80. The number of carboxylic acids is 1. The summed E-state index contributed by atoms with van der Waals surface area (Å²) in [4.78, 5) is 47.9. The van der Waals surface area contributed by atoms with E-state index >= 15 is 0 Å². The number of nitrogens with two attached hydrogens (primary N) is 1. The summed E-state index contributed by atoms with van der Waals surface area (Å²) < 4.78 is 0. The Balaban J connectivity index is 2.50. The normalized spacial score (nSPS) is 18.4. The zero-order valence-corrected chi connectivity index (χ0v) is 16.6. The largest absolute Gasteiger partial charge is 0.480 e. The molecule has 1 saturated heterocycles. The smallest absolute Gasteiger partial charge is 0.326 e. The van der Waals surface area contributed by atoms with E-state index in [0.29, 0.717) is 19.4 Å². The molecular formula is C18H33N5O5. The molecule has 0 radical (unpaired) electrons. The van der Waals surface area contributed by atoms with Crippen molar-refractivity contribution in [1.82, 2.24) is 21.3 Å². The minimum atomic E-state index is -1.13. The molecule has 10 heteroatoms. The average molecular weight is 399 g/mol. The number of carbonyl (C=O) groups is 4. The summed E-state index contributed by atoms with van der Waals surface area (Å²) >= 11 is 0. The van der Waals surface area contributed by atoms with Crippen LogP contribution in [0.4, 0.5) is 0 Å². The van der Waals surface area contributed by atoms with Gasteiger partial charge in [-0.1, -0.05) is 13.8 Å². The molecule has 160 valence electrons. The molecule has 1 fully saturated rings. The van der Waals surface area contributed by atoms with Crippen molar-refractivity contribution < 1.29 is 24.3 Å². The van der Waals surface area contributed by atoms with Crippen molar-refractivity contribution in [2.45, 2.75) is 64.1 Å². The molecule has 1 rings (SSSR count). The van der Waals surface area contributed by atoms with Crippen LogP contribution in [-0.4, -0.2) is 66.6 Å². The lowest BCUT2D eigenvalue weighted by molar-refractivity contribution is -0.142. The molecule has 7 N–H and O–H groups in total. The second kappa shape index (κ2) is 12.3. The number of nitrogens with one attached hydrogen (secondary N) is 4. The topological polar surface area (TPSA) is 163 Å².